The van der Waals surface area contributed by atoms with Crippen molar-refractivity contribution < 1.29 is 9.18 Å². The van der Waals surface area contributed by atoms with Crippen LogP contribution in [0.1, 0.15) is 16.8 Å². The van der Waals surface area contributed by atoms with Gasteiger partial charge in [0.2, 0.25) is 0 Å². The van der Waals surface area contributed by atoms with Crippen LogP contribution in [0.3, 0.4) is 0 Å². The summed E-state index contributed by atoms with van der Waals surface area (Å²) in [5.74, 6) is -0.682. The van der Waals surface area contributed by atoms with Gasteiger partial charge in [0.25, 0.3) is 5.91 Å². The summed E-state index contributed by atoms with van der Waals surface area (Å²) in [6.07, 6.45) is 0.743. The summed E-state index contributed by atoms with van der Waals surface area (Å²) in [5, 5.41) is 0.451. The van der Waals surface area contributed by atoms with E-state index in [2.05, 4.69) is 4.98 Å². The van der Waals surface area contributed by atoms with Crippen LogP contribution in [-0.4, -0.2) is 43.0 Å². The number of carbonyl (C=O) groups is 1. The number of hydrogen-bond acceptors (Lipinski definition) is 5. The van der Waals surface area contributed by atoms with E-state index in [0.717, 1.165) is 24.3 Å². The van der Waals surface area contributed by atoms with E-state index in [1.165, 1.54) is 17.4 Å². The molecule has 138 valence electrons. The molecule has 9 heteroatoms. The summed E-state index contributed by atoms with van der Waals surface area (Å²) >= 11 is 14.6. The molecule has 0 aliphatic carbocycles. The number of fused-ring (bicyclic) bond motifs is 1. The average Bonchev–Trinajstić information content (AvgIpc) is 3.14. The Bertz CT molecular complexity index is 941. The molecule has 0 saturated carbocycles. The second-order valence-electron chi connectivity index (χ2n) is 5.93. The quantitative estimate of drug-likeness (QED) is 0.523. The third-order valence-corrected chi connectivity index (χ3v) is 6.24. The Kier molecular flexibility index (Phi) is 6.14. The first-order valence-electron chi connectivity index (χ1n) is 7.83. The molecule has 0 unspecified atom stereocenters. The van der Waals surface area contributed by atoms with E-state index < -0.39 is 5.82 Å². The molecule has 2 aromatic heterocycles. The number of thiophene rings is 1. The Morgan fingerprint density at radius 1 is 1.23 bits per heavy atom. The number of aromatic nitrogens is 1. The van der Waals surface area contributed by atoms with E-state index in [-0.39, 0.29) is 11.4 Å². The maximum Gasteiger partial charge on any atom is 0.262 e. The lowest BCUT2D eigenvalue weighted by Gasteiger charge is -2.20. The normalized spacial score (nSPS) is 11.5. The maximum absolute atomic E-state index is 14.0. The number of nitrogens with zero attached hydrogens (tertiary/aromatic N) is 3. The zero-order valence-corrected chi connectivity index (χ0v) is 17.3. The molecule has 0 bridgehead atoms. The molecule has 2 heterocycles. The molecule has 0 radical (unpaired) electrons. The van der Waals surface area contributed by atoms with Gasteiger partial charge >= 0.3 is 0 Å². The van der Waals surface area contributed by atoms with Crippen LogP contribution in [0.25, 0.3) is 10.2 Å². The van der Waals surface area contributed by atoms with E-state index in [1.54, 1.807) is 23.1 Å². The zero-order valence-electron chi connectivity index (χ0n) is 14.1. The van der Waals surface area contributed by atoms with Gasteiger partial charge in [0.05, 0.1) is 14.6 Å². The van der Waals surface area contributed by atoms with Gasteiger partial charge in [-0.25, -0.2) is 9.37 Å². The van der Waals surface area contributed by atoms with Gasteiger partial charge in [0.15, 0.2) is 5.13 Å². The SMILES string of the molecule is CN(C)CCCN(C(=O)c1cc(Cl)sc1Cl)c1nc2c(F)cccc2s1. The van der Waals surface area contributed by atoms with Crippen LogP contribution in [0.2, 0.25) is 8.67 Å². The van der Waals surface area contributed by atoms with Crippen LogP contribution in [0.4, 0.5) is 9.52 Å². The molecule has 4 nitrogen and oxygen atoms in total. The largest absolute Gasteiger partial charge is 0.309 e. The number of benzene rings is 1. The van der Waals surface area contributed by atoms with Gasteiger partial charge in [-0.3, -0.25) is 9.69 Å². The van der Waals surface area contributed by atoms with Crippen LogP contribution in [-0.2, 0) is 0 Å². The first kappa shape index (κ1) is 19.5. The third kappa shape index (κ3) is 4.18. The van der Waals surface area contributed by atoms with Crippen LogP contribution in [0.5, 0.6) is 0 Å². The highest BCUT2D eigenvalue weighted by Crippen LogP contribution is 2.35. The predicted molar refractivity (Wildman–Crippen MR) is 109 cm³/mol. The lowest BCUT2D eigenvalue weighted by Crippen LogP contribution is -2.33. The Hall–Kier alpha value is -1.25. The second-order valence-corrected chi connectivity index (χ2v) is 9.23. The molecule has 0 saturated heterocycles. The minimum absolute atomic E-state index is 0.271. The van der Waals surface area contributed by atoms with Crippen molar-refractivity contribution in [2.45, 2.75) is 6.42 Å². The number of carbonyl (C=O) groups excluding carboxylic acids is 1. The zero-order chi connectivity index (χ0) is 18.8. The van der Waals surface area contributed by atoms with E-state index in [9.17, 15) is 9.18 Å². The molecule has 3 aromatic rings. The molecule has 0 fully saturated rings. The number of thiazole rings is 1. The van der Waals surface area contributed by atoms with Gasteiger partial charge in [0.1, 0.15) is 15.7 Å². The van der Waals surface area contributed by atoms with Crippen molar-refractivity contribution >= 4 is 67.1 Å². The molecule has 0 aliphatic heterocycles. The van der Waals surface area contributed by atoms with Crippen molar-refractivity contribution in [3.63, 3.8) is 0 Å². The Labute approximate surface area is 168 Å². The number of hydrogen-bond donors (Lipinski definition) is 0. The Morgan fingerprint density at radius 3 is 2.62 bits per heavy atom. The van der Waals surface area contributed by atoms with E-state index in [4.69, 9.17) is 23.2 Å². The van der Waals surface area contributed by atoms with Crippen LogP contribution in [0, 0.1) is 5.82 Å². The molecule has 0 aliphatic rings. The smallest absolute Gasteiger partial charge is 0.262 e. The van der Waals surface area contributed by atoms with E-state index in [1.807, 2.05) is 19.0 Å². The minimum atomic E-state index is -0.401. The monoisotopic (exact) mass is 431 g/mol. The van der Waals surface area contributed by atoms with Gasteiger partial charge in [-0.1, -0.05) is 40.6 Å². The van der Waals surface area contributed by atoms with Crippen molar-refractivity contribution in [3.05, 3.63) is 44.3 Å². The Morgan fingerprint density at radius 2 is 2.00 bits per heavy atom. The highest BCUT2D eigenvalue weighted by atomic mass is 35.5. The first-order valence-corrected chi connectivity index (χ1v) is 10.2. The summed E-state index contributed by atoms with van der Waals surface area (Å²) in [6, 6.07) is 6.34. The topological polar surface area (TPSA) is 36.4 Å². The molecule has 1 amide bonds. The summed E-state index contributed by atoms with van der Waals surface area (Å²) < 4.78 is 15.5. The van der Waals surface area contributed by atoms with Gasteiger partial charge < -0.3 is 4.90 Å². The lowest BCUT2D eigenvalue weighted by molar-refractivity contribution is 0.0986. The fourth-order valence-electron chi connectivity index (χ4n) is 2.48. The maximum atomic E-state index is 14.0. The fourth-order valence-corrected chi connectivity index (χ4v) is 4.93. The highest BCUT2D eigenvalue weighted by molar-refractivity contribution is 7.22. The average molecular weight is 432 g/mol. The molecular weight excluding hydrogens is 416 g/mol. The number of para-hydroxylation sites is 1. The van der Waals surface area contributed by atoms with Gasteiger partial charge in [-0.05, 0) is 45.3 Å². The standard InChI is InChI=1S/C17H16Cl2FN3OS2/c1-22(2)7-4-8-23(16(24)10-9-13(18)26-15(10)19)17-21-14-11(20)5-3-6-12(14)25-17/h3,5-6,9H,4,7-8H2,1-2H3. The van der Waals surface area contributed by atoms with Gasteiger partial charge in [0, 0.05) is 6.54 Å². The molecule has 0 atom stereocenters. The minimum Gasteiger partial charge on any atom is -0.309 e. The van der Waals surface area contributed by atoms with Crippen molar-refractivity contribution in [2.24, 2.45) is 0 Å². The molecule has 1 aromatic carbocycles. The number of rotatable bonds is 6. The number of anilines is 1. The predicted octanol–water partition coefficient (Wildman–Crippen LogP) is 5.40. The van der Waals surface area contributed by atoms with Crippen LogP contribution in [0.15, 0.2) is 24.3 Å². The van der Waals surface area contributed by atoms with Crippen molar-refractivity contribution in [3.8, 4) is 0 Å². The first-order chi connectivity index (χ1) is 12.4. The van der Waals surface area contributed by atoms with E-state index in [0.29, 0.717) is 30.6 Å². The van der Waals surface area contributed by atoms with Crippen molar-refractivity contribution in [2.75, 3.05) is 32.1 Å². The summed E-state index contributed by atoms with van der Waals surface area (Å²) in [6.45, 7) is 1.25. The second kappa shape index (κ2) is 8.19. The van der Waals surface area contributed by atoms with Crippen LogP contribution >= 0.6 is 45.9 Å². The number of amides is 1. The highest BCUT2D eigenvalue weighted by Gasteiger charge is 2.25. The molecule has 26 heavy (non-hydrogen) atoms. The molecule has 0 N–H and O–H groups in total. The molecular formula is C17H16Cl2FN3OS2. The summed E-state index contributed by atoms with van der Waals surface area (Å²) in [7, 11) is 3.93. The number of halogens is 3. The Balaban J connectivity index is 1.97. The van der Waals surface area contributed by atoms with Crippen molar-refractivity contribution in [1.29, 1.82) is 0 Å². The third-order valence-electron chi connectivity index (χ3n) is 3.71. The van der Waals surface area contributed by atoms with Crippen molar-refractivity contribution in [1.82, 2.24) is 9.88 Å². The van der Waals surface area contributed by atoms with Gasteiger partial charge in [-0.15, -0.1) is 11.3 Å². The lowest BCUT2D eigenvalue weighted by atomic mass is 10.3. The fraction of sp³-hybridized carbons (Fsp3) is 0.294. The summed E-state index contributed by atoms with van der Waals surface area (Å²) in [4.78, 5) is 21.0. The molecule has 0 spiro atoms. The van der Waals surface area contributed by atoms with E-state index >= 15 is 0 Å². The molecule has 3 rings (SSSR count). The summed E-state index contributed by atoms with van der Waals surface area (Å²) in [5.41, 5.74) is 0.610. The van der Waals surface area contributed by atoms with Gasteiger partial charge in [-0.2, -0.15) is 0 Å². The van der Waals surface area contributed by atoms with Crippen LogP contribution < -0.4 is 4.90 Å².